The number of rotatable bonds is 6. The topological polar surface area (TPSA) is 70.6 Å². The summed E-state index contributed by atoms with van der Waals surface area (Å²) >= 11 is 0. The van der Waals surface area contributed by atoms with Gasteiger partial charge in [0, 0.05) is 17.2 Å². The molecule has 1 fully saturated rings. The monoisotopic (exact) mass is 481 g/mol. The lowest BCUT2D eigenvalue weighted by molar-refractivity contribution is 0.172. The molecule has 184 valence electrons. The number of aromatic hydroxyl groups is 1. The van der Waals surface area contributed by atoms with E-state index < -0.39 is 0 Å². The Morgan fingerprint density at radius 3 is 2.69 bits per heavy atom. The zero-order chi connectivity index (χ0) is 24.6. The van der Waals surface area contributed by atoms with Crippen molar-refractivity contribution in [2.45, 2.75) is 38.8 Å². The summed E-state index contributed by atoms with van der Waals surface area (Å²) in [7, 11) is 0. The van der Waals surface area contributed by atoms with Crippen molar-refractivity contribution in [3.8, 4) is 17.2 Å². The molecule has 0 spiro atoms. The first kappa shape index (κ1) is 22.7. The minimum absolute atomic E-state index is 0.235. The van der Waals surface area contributed by atoms with Crippen molar-refractivity contribution >= 4 is 22.0 Å². The third-order valence-electron chi connectivity index (χ3n) is 7.48. The zero-order valence-corrected chi connectivity index (χ0v) is 20.7. The summed E-state index contributed by atoms with van der Waals surface area (Å²) in [5, 5.41) is 18.4. The molecule has 2 unspecified atom stereocenters. The molecule has 6 nitrogen and oxygen atoms in total. The van der Waals surface area contributed by atoms with E-state index in [-0.39, 0.29) is 11.9 Å². The fourth-order valence-corrected chi connectivity index (χ4v) is 5.45. The zero-order valence-electron chi connectivity index (χ0n) is 20.7. The minimum atomic E-state index is -0.336. The van der Waals surface area contributed by atoms with Gasteiger partial charge in [-0.3, -0.25) is 10.00 Å². The van der Waals surface area contributed by atoms with Crippen LogP contribution in [0.25, 0.3) is 22.0 Å². The van der Waals surface area contributed by atoms with Crippen LogP contribution < -0.4 is 9.47 Å². The highest BCUT2D eigenvalue weighted by Crippen LogP contribution is 2.49. The second-order valence-electron chi connectivity index (χ2n) is 9.83. The quantitative estimate of drug-likeness (QED) is 0.343. The van der Waals surface area contributed by atoms with Gasteiger partial charge in [-0.1, -0.05) is 24.3 Å². The number of hydrogen-bond donors (Lipinski definition) is 2. The highest BCUT2D eigenvalue weighted by molar-refractivity contribution is 6.00. The van der Waals surface area contributed by atoms with E-state index in [2.05, 4.69) is 47.1 Å². The molecule has 0 radical (unpaired) electrons. The fraction of sp³-hybridized carbons (Fsp3) is 0.300. The van der Waals surface area contributed by atoms with Gasteiger partial charge in [-0.2, -0.15) is 5.10 Å². The van der Waals surface area contributed by atoms with E-state index >= 15 is 0 Å². The number of ether oxygens (including phenoxy) is 2. The number of allylic oxidation sites excluding steroid dienone is 1. The van der Waals surface area contributed by atoms with Gasteiger partial charge in [-0.25, -0.2) is 0 Å². The SMILES string of the molecule is CC1=C(c2cccc(O)c2)C(c2ccc(OCC(C)N3CCCC3)cc2)Oc2c1ccc1[nH]ncc21. The van der Waals surface area contributed by atoms with Gasteiger partial charge in [0.1, 0.15) is 30.0 Å². The number of nitrogens with one attached hydrogen (secondary N) is 1. The number of likely N-dealkylation sites (tertiary alicyclic amines) is 1. The Morgan fingerprint density at radius 1 is 1.11 bits per heavy atom. The van der Waals surface area contributed by atoms with Crippen LogP contribution in [0.3, 0.4) is 0 Å². The van der Waals surface area contributed by atoms with Crippen LogP contribution in [0.5, 0.6) is 17.2 Å². The van der Waals surface area contributed by atoms with Gasteiger partial charge < -0.3 is 14.6 Å². The molecule has 36 heavy (non-hydrogen) atoms. The van der Waals surface area contributed by atoms with E-state index in [1.165, 1.54) is 12.8 Å². The van der Waals surface area contributed by atoms with Gasteiger partial charge >= 0.3 is 0 Å². The lowest BCUT2D eigenvalue weighted by Crippen LogP contribution is -2.34. The van der Waals surface area contributed by atoms with Gasteiger partial charge in [0.15, 0.2) is 0 Å². The van der Waals surface area contributed by atoms with Crippen LogP contribution in [0.1, 0.15) is 49.5 Å². The Kier molecular flexibility index (Phi) is 5.89. The molecule has 1 aromatic heterocycles. The maximum Gasteiger partial charge on any atom is 0.150 e. The summed E-state index contributed by atoms with van der Waals surface area (Å²) < 4.78 is 12.9. The number of benzene rings is 3. The average Bonchev–Trinajstić information content (AvgIpc) is 3.60. The number of phenols is 1. The first-order valence-corrected chi connectivity index (χ1v) is 12.7. The van der Waals surface area contributed by atoms with Gasteiger partial charge in [0.25, 0.3) is 0 Å². The van der Waals surface area contributed by atoms with Crippen LogP contribution in [0.2, 0.25) is 0 Å². The Balaban J connectivity index is 1.34. The number of aromatic amines is 1. The van der Waals surface area contributed by atoms with Crippen molar-refractivity contribution in [3.05, 3.63) is 83.6 Å². The lowest BCUT2D eigenvalue weighted by atomic mass is 9.85. The highest BCUT2D eigenvalue weighted by atomic mass is 16.5. The maximum atomic E-state index is 10.2. The van der Waals surface area contributed by atoms with E-state index in [1.54, 1.807) is 12.1 Å². The second-order valence-corrected chi connectivity index (χ2v) is 9.83. The third kappa shape index (κ3) is 4.11. The predicted molar refractivity (Wildman–Crippen MR) is 142 cm³/mol. The molecule has 2 N–H and O–H groups in total. The summed E-state index contributed by atoms with van der Waals surface area (Å²) in [6, 6.07) is 20.1. The number of nitrogens with zero attached hydrogens (tertiary/aromatic N) is 2. The Morgan fingerprint density at radius 2 is 1.92 bits per heavy atom. The third-order valence-corrected chi connectivity index (χ3v) is 7.48. The number of phenolic OH excluding ortho intramolecular Hbond substituents is 1. The predicted octanol–water partition coefficient (Wildman–Crippen LogP) is 6.20. The summed E-state index contributed by atoms with van der Waals surface area (Å²) in [5.74, 6) is 1.92. The molecule has 6 heteroatoms. The largest absolute Gasteiger partial charge is 0.508 e. The Bertz CT molecular complexity index is 1420. The van der Waals surface area contributed by atoms with Crippen LogP contribution in [0.4, 0.5) is 0 Å². The summed E-state index contributed by atoms with van der Waals surface area (Å²) in [4.78, 5) is 2.49. The molecule has 0 saturated carbocycles. The molecular weight excluding hydrogens is 450 g/mol. The molecule has 4 aromatic rings. The molecule has 3 aromatic carbocycles. The van der Waals surface area contributed by atoms with Gasteiger partial charge in [0.2, 0.25) is 0 Å². The van der Waals surface area contributed by atoms with Crippen molar-refractivity contribution < 1.29 is 14.6 Å². The number of hydrogen-bond acceptors (Lipinski definition) is 5. The standard InChI is InChI=1S/C30H31N3O3/c1-19(33-14-3-4-15-33)18-35-24-10-8-21(9-11-24)29-28(22-6-5-7-23(34)16-22)20(2)25-12-13-27-26(17-31-32-27)30(25)36-29/h5-13,16-17,19,29,34H,3-4,14-15,18H2,1-2H3,(H,31,32). The molecule has 2 aliphatic heterocycles. The summed E-state index contributed by atoms with van der Waals surface area (Å²) in [5.41, 5.74) is 6.10. The van der Waals surface area contributed by atoms with Crippen LogP contribution >= 0.6 is 0 Å². The summed E-state index contributed by atoms with van der Waals surface area (Å²) in [6.45, 7) is 7.36. The molecular formula is C30H31N3O3. The highest BCUT2D eigenvalue weighted by Gasteiger charge is 2.31. The number of aromatic nitrogens is 2. The number of H-pyrrole nitrogens is 1. The van der Waals surface area contributed by atoms with Crippen LogP contribution in [-0.2, 0) is 0 Å². The maximum absolute atomic E-state index is 10.2. The Hall–Kier alpha value is -3.77. The second kappa shape index (κ2) is 9.36. The fourth-order valence-electron chi connectivity index (χ4n) is 5.45. The molecule has 2 atom stereocenters. The van der Waals surface area contributed by atoms with E-state index in [1.807, 2.05) is 36.5 Å². The Labute approximate surface area is 211 Å². The molecule has 1 saturated heterocycles. The van der Waals surface area contributed by atoms with E-state index in [0.717, 1.165) is 63.3 Å². The van der Waals surface area contributed by atoms with E-state index in [9.17, 15) is 5.11 Å². The summed E-state index contributed by atoms with van der Waals surface area (Å²) in [6.07, 6.45) is 4.04. The van der Waals surface area contributed by atoms with Crippen molar-refractivity contribution in [1.82, 2.24) is 15.1 Å². The van der Waals surface area contributed by atoms with E-state index in [0.29, 0.717) is 12.6 Å². The molecule has 0 amide bonds. The average molecular weight is 482 g/mol. The van der Waals surface area contributed by atoms with Gasteiger partial charge in [-0.15, -0.1) is 0 Å². The first-order chi connectivity index (χ1) is 17.6. The van der Waals surface area contributed by atoms with Crippen molar-refractivity contribution in [1.29, 1.82) is 0 Å². The van der Waals surface area contributed by atoms with E-state index in [4.69, 9.17) is 9.47 Å². The van der Waals surface area contributed by atoms with Gasteiger partial charge in [0.05, 0.1) is 17.1 Å². The van der Waals surface area contributed by atoms with Crippen molar-refractivity contribution in [2.75, 3.05) is 19.7 Å². The lowest BCUT2D eigenvalue weighted by Gasteiger charge is -2.31. The smallest absolute Gasteiger partial charge is 0.150 e. The molecule has 2 aliphatic rings. The normalized spacial score (nSPS) is 18.8. The van der Waals surface area contributed by atoms with Gasteiger partial charge in [-0.05, 0) is 92.9 Å². The van der Waals surface area contributed by atoms with Crippen LogP contribution in [-0.4, -0.2) is 45.9 Å². The first-order valence-electron chi connectivity index (χ1n) is 12.7. The van der Waals surface area contributed by atoms with Crippen molar-refractivity contribution in [3.63, 3.8) is 0 Å². The van der Waals surface area contributed by atoms with Crippen LogP contribution in [0.15, 0.2) is 66.9 Å². The molecule has 3 heterocycles. The number of fused-ring (bicyclic) bond motifs is 3. The minimum Gasteiger partial charge on any atom is -0.508 e. The molecule has 0 bridgehead atoms. The van der Waals surface area contributed by atoms with Crippen molar-refractivity contribution in [2.24, 2.45) is 0 Å². The molecule has 6 rings (SSSR count). The van der Waals surface area contributed by atoms with Crippen LogP contribution in [0, 0.1) is 0 Å². The molecule has 0 aliphatic carbocycles.